The Hall–Kier alpha value is -4.58. The molecule has 42 heavy (non-hydrogen) atoms. The molecule has 0 spiro atoms. The maximum absolute atomic E-state index is 13.7. The number of urea groups is 1. The minimum Gasteiger partial charge on any atom is -0.497 e. The number of nitrogens with zero attached hydrogens (tertiary/aromatic N) is 4. The van der Waals surface area contributed by atoms with Gasteiger partial charge in [0.25, 0.3) is 11.8 Å². The van der Waals surface area contributed by atoms with Gasteiger partial charge < -0.3 is 35.0 Å². The monoisotopic (exact) mass is 578 g/mol. The molecule has 1 aromatic heterocycles. The number of likely N-dealkylation sites (N-methyl/N-ethyl adjacent to an activating group) is 1. The normalized spacial score (nSPS) is 17.3. The Morgan fingerprint density at radius 2 is 1.93 bits per heavy atom. The smallest absolute Gasteiger partial charge is 0.321 e. The van der Waals surface area contributed by atoms with Crippen LogP contribution in [0.1, 0.15) is 40.4 Å². The lowest BCUT2D eigenvalue weighted by Crippen LogP contribution is -2.50. The fourth-order valence-electron chi connectivity index (χ4n) is 4.82. The van der Waals surface area contributed by atoms with E-state index in [2.05, 4.69) is 15.7 Å². The van der Waals surface area contributed by atoms with E-state index in [1.165, 1.54) is 9.58 Å². The van der Waals surface area contributed by atoms with Crippen molar-refractivity contribution in [1.29, 1.82) is 0 Å². The van der Waals surface area contributed by atoms with E-state index < -0.39 is 18.1 Å². The van der Waals surface area contributed by atoms with E-state index in [0.717, 1.165) is 0 Å². The number of benzene rings is 2. The van der Waals surface area contributed by atoms with Crippen molar-refractivity contribution in [1.82, 2.24) is 19.6 Å². The third kappa shape index (κ3) is 6.65. The molecule has 0 saturated carbocycles. The molecular weight excluding hydrogens is 540 g/mol. The van der Waals surface area contributed by atoms with Gasteiger partial charge in [0, 0.05) is 32.2 Å². The maximum Gasteiger partial charge on any atom is 0.321 e. The molecule has 4 amide bonds. The van der Waals surface area contributed by atoms with Crippen molar-refractivity contribution in [3.05, 3.63) is 65.5 Å². The van der Waals surface area contributed by atoms with Crippen LogP contribution in [0.5, 0.6) is 11.5 Å². The molecule has 224 valence electrons. The number of para-hydroxylation sites is 1. The molecule has 0 radical (unpaired) electrons. The molecular formula is C30H38N6O6. The highest BCUT2D eigenvalue weighted by Gasteiger charge is 2.35. The lowest BCUT2D eigenvalue weighted by atomic mass is 9.99. The van der Waals surface area contributed by atoms with Gasteiger partial charge in [0.1, 0.15) is 17.5 Å². The molecule has 2 heterocycles. The number of aryl methyl sites for hydroxylation is 2. The molecule has 1 aliphatic rings. The summed E-state index contributed by atoms with van der Waals surface area (Å²) < 4.78 is 13.2. The molecule has 3 N–H and O–H groups in total. The Bertz CT molecular complexity index is 1440. The van der Waals surface area contributed by atoms with Gasteiger partial charge in [-0.15, -0.1) is 0 Å². The number of aliphatic hydroxyl groups is 1. The standard InChI is InChI=1S/C30H38N6O6/c1-18-15-36(20(3)17-37)29(39)23-8-7-9-24(32-28(38)25-14-19(2)33-35(25)5)27(23)42-26(18)16-34(4)30(40)31-21-10-12-22(41-6)13-11-21/h7-14,18,20,26,37H,15-17H2,1-6H3,(H,31,40)(H,32,38)/t18-,20-,26+/m1/s1. The second-order valence-electron chi connectivity index (χ2n) is 10.6. The Labute approximate surface area is 245 Å². The number of methoxy groups -OCH3 is 1. The molecule has 0 aliphatic carbocycles. The van der Waals surface area contributed by atoms with E-state index in [9.17, 15) is 19.5 Å². The minimum atomic E-state index is -0.561. The van der Waals surface area contributed by atoms with E-state index in [1.54, 1.807) is 88.5 Å². The average molecular weight is 579 g/mol. The number of hydrogen-bond donors (Lipinski definition) is 3. The number of carbonyl (C=O) groups excluding carboxylic acids is 3. The summed E-state index contributed by atoms with van der Waals surface area (Å²) in [5, 5.41) is 19.9. The van der Waals surface area contributed by atoms with Crippen LogP contribution in [0.15, 0.2) is 48.5 Å². The highest BCUT2D eigenvalue weighted by molar-refractivity contribution is 6.06. The molecule has 0 fully saturated rings. The van der Waals surface area contributed by atoms with Crippen LogP contribution in [0.25, 0.3) is 0 Å². The number of aliphatic hydroxyl groups excluding tert-OH is 1. The number of ether oxygens (including phenoxy) is 2. The molecule has 0 bridgehead atoms. The molecule has 2 aromatic carbocycles. The zero-order valence-electron chi connectivity index (χ0n) is 24.7. The predicted molar refractivity (Wildman–Crippen MR) is 158 cm³/mol. The Balaban J connectivity index is 1.64. The summed E-state index contributed by atoms with van der Waals surface area (Å²) in [6, 6.07) is 12.8. The summed E-state index contributed by atoms with van der Waals surface area (Å²) in [6.45, 7) is 5.74. The topological polar surface area (TPSA) is 138 Å². The molecule has 3 aromatic rings. The maximum atomic E-state index is 13.7. The fourth-order valence-corrected chi connectivity index (χ4v) is 4.82. The summed E-state index contributed by atoms with van der Waals surface area (Å²) >= 11 is 0. The highest BCUT2D eigenvalue weighted by atomic mass is 16.5. The van der Waals surface area contributed by atoms with Crippen LogP contribution in [0.3, 0.4) is 0 Å². The number of amides is 4. The van der Waals surface area contributed by atoms with E-state index in [0.29, 0.717) is 35.1 Å². The Kier molecular flexibility index (Phi) is 9.36. The number of hydrogen-bond acceptors (Lipinski definition) is 7. The first-order valence-electron chi connectivity index (χ1n) is 13.7. The Morgan fingerprint density at radius 1 is 1.21 bits per heavy atom. The number of anilines is 2. The Morgan fingerprint density at radius 3 is 2.55 bits per heavy atom. The number of nitrogens with one attached hydrogen (secondary N) is 2. The van der Waals surface area contributed by atoms with Gasteiger partial charge in [0.05, 0.1) is 43.2 Å². The summed E-state index contributed by atoms with van der Waals surface area (Å²) in [5.41, 5.74) is 2.20. The van der Waals surface area contributed by atoms with Crippen LogP contribution in [0, 0.1) is 12.8 Å². The summed E-state index contributed by atoms with van der Waals surface area (Å²) in [6.07, 6.45) is -0.561. The molecule has 4 rings (SSSR count). The van der Waals surface area contributed by atoms with Crippen LogP contribution in [-0.2, 0) is 7.05 Å². The first-order valence-corrected chi connectivity index (χ1v) is 13.7. The summed E-state index contributed by atoms with van der Waals surface area (Å²) in [4.78, 5) is 43.1. The van der Waals surface area contributed by atoms with E-state index >= 15 is 0 Å². The average Bonchev–Trinajstić information content (AvgIpc) is 3.32. The van der Waals surface area contributed by atoms with Gasteiger partial charge >= 0.3 is 6.03 Å². The van der Waals surface area contributed by atoms with Crippen molar-refractivity contribution in [2.45, 2.75) is 32.9 Å². The SMILES string of the molecule is COc1ccc(NC(=O)N(C)C[C@@H]2Oc3c(NC(=O)c4cc(C)nn4C)cccc3C(=O)N([C@H](C)CO)C[C@H]2C)cc1. The number of rotatable bonds is 8. The molecule has 0 saturated heterocycles. The van der Waals surface area contributed by atoms with Gasteiger partial charge in [-0.05, 0) is 56.3 Å². The van der Waals surface area contributed by atoms with Crippen molar-refractivity contribution in [3.8, 4) is 11.5 Å². The molecule has 3 atom stereocenters. The number of aromatic nitrogens is 2. The van der Waals surface area contributed by atoms with Crippen molar-refractivity contribution < 1.29 is 29.0 Å². The van der Waals surface area contributed by atoms with Crippen molar-refractivity contribution in [2.24, 2.45) is 13.0 Å². The van der Waals surface area contributed by atoms with Crippen molar-refractivity contribution in [3.63, 3.8) is 0 Å². The predicted octanol–water partition coefficient (Wildman–Crippen LogP) is 3.37. The molecule has 12 heteroatoms. The quantitative estimate of drug-likeness (QED) is 0.373. The van der Waals surface area contributed by atoms with Crippen LogP contribution < -0.4 is 20.1 Å². The third-order valence-electron chi connectivity index (χ3n) is 7.32. The molecule has 1 aliphatic heterocycles. The van der Waals surface area contributed by atoms with E-state index in [1.807, 2.05) is 6.92 Å². The number of fused-ring (bicyclic) bond motifs is 1. The van der Waals surface area contributed by atoms with Gasteiger partial charge in [-0.1, -0.05) is 13.0 Å². The van der Waals surface area contributed by atoms with Crippen LogP contribution in [0.2, 0.25) is 0 Å². The zero-order chi connectivity index (χ0) is 30.6. The highest BCUT2D eigenvalue weighted by Crippen LogP contribution is 2.35. The summed E-state index contributed by atoms with van der Waals surface area (Å²) in [7, 11) is 4.91. The van der Waals surface area contributed by atoms with Gasteiger partial charge in [-0.2, -0.15) is 5.10 Å². The van der Waals surface area contributed by atoms with Crippen LogP contribution >= 0.6 is 0 Å². The lowest BCUT2D eigenvalue weighted by Gasteiger charge is -2.38. The van der Waals surface area contributed by atoms with E-state index in [-0.39, 0.29) is 42.3 Å². The van der Waals surface area contributed by atoms with Crippen molar-refractivity contribution in [2.75, 3.05) is 44.5 Å². The number of carbonyl (C=O) groups is 3. The van der Waals surface area contributed by atoms with E-state index in [4.69, 9.17) is 9.47 Å². The van der Waals surface area contributed by atoms with Gasteiger partial charge in [-0.25, -0.2) is 4.79 Å². The van der Waals surface area contributed by atoms with Crippen molar-refractivity contribution >= 4 is 29.2 Å². The third-order valence-corrected chi connectivity index (χ3v) is 7.32. The molecule has 0 unspecified atom stereocenters. The minimum absolute atomic E-state index is 0.182. The molecule has 12 nitrogen and oxygen atoms in total. The summed E-state index contributed by atoms with van der Waals surface area (Å²) in [5.74, 6) is -0.101. The second kappa shape index (κ2) is 12.9. The first-order chi connectivity index (χ1) is 20.0. The zero-order valence-corrected chi connectivity index (χ0v) is 24.7. The lowest BCUT2D eigenvalue weighted by molar-refractivity contribution is 0.0372. The van der Waals surface area contributed by atoms with Gasteiger partial charge in [-0.3, -0.25) is 14.3 Å². The van der Waals surface area contributed by atoms with Gasteiger partial charge in [0.15, 0.2) is 5.75 Å². The fraction of sp³-hybridized carbons (Fsp3) is 0.400. The largest absolute Gasteiger partial charge is 0.497 e. The van der Waals surface area contributed by atoms with Gasteiger partial charge in [0.2, 0.25) is 0 Å². The van der Waals surface area contributed by atoms with Crippen LogP contribution in [-0.4, -0.2) is 88.5 Å². The first kappa shape index (κ1) is 30.4. The second-order valence-corrected chi connectivity index (χ2v) is 10.6. The van der Waals surface area contributed by atoms with Crippen LogP contribution in [0.4, 0.5) is 16.2 Å².